The number of thioether (sulfide) groups is 2. The van der Waals surface area contributed by atoms with Crippen LogP contribution in [-0.4, -0.2) is 36.0 Å². The Hall–Kier alpha value is -2.46. The first-order valence-corrected chi connectivity index (χ1v) is 11.3. The maximum absolute atomic E-state index is 12.7. The Morgan fingerprint density at radius 3 is 2.28 bits per heavy atom. The van der Waals surface area contributed by atoms with Crippen LogP contribution in [0.3, 0.4) is 0 Å². The number of sulfone groups is 1. The van der Waals surface area contributed by atoms with Gasteiger partial charge in [-0.3, -0.25) is 14.9 Å². The predicted molar refractivity (Wildman–Crippen MR) is 104 cm³/mol. The molecule has 2 aromatic carbocycles. The summed E-state index contributed by atoms with van der Waals surface area (Å²) < 4.78 is 98.1. The fraction of sp³-hybridized carbons (Fsp3) is 0.188. The van der Waals surface area contributed by atoms with Gasteiger partial charge < -0.3 is 5.32 Å². The second kappa shape index (κ2) is 9.58. The van der Waals surface area contributed by atoms with E-state index in [4.69, 9.17) is 0 Å². The summed E-state index contributed by atoms with van der Waals surface area (Å²) in [5.74, 6) is -1.27. The molecule has 2 rings (SSSR count). The number of nitro groups is 1. The zero-order valence-corrected chi connectivity index (χ0v) is 17.7. The molecule has 0 unspecified atom stereocenters. The summed E-state index contributed by atoms with van der Waals surface area (Å²) in [4.78, 5) is 20.3. The highest BCUT2D eigenvalue weighted by Gasteiger charge is 2.47. The molecular weight excluding hydrogens is 510 g/mol. The lowest BCUT2D eigenvalue weighted by atomic mass is 10.3. The second-order valence-electron chi connectivity index (χ2n) is 5.75. The van der Waals surface area contributed by atoms with Crippen LogP contribution in [-0.2, 0) is 14.6 Å². The van der Waals surface area contributed by atoms with Crippen LogP contribution in [0.5, 0.6) is 0 Å². The summed E-state index contributed by atoms with van der Waals surface area (Å²) in [6.07, 6.45) is 0. The van der Waals surface area contributed by atoms with Gasteiger partial charge in [0.2, 0.25) is 5.91 Å². The van der Waals surface area contributed by atoms with E-state index in [1.165, 1.54) is 18.2 Å². The van der Waals surface area contributed by atoms with E-state index in [-0.39, 0.29) is 21.5 Å². The maximum atomic E-state index is 12.7. The summed E-state index contributed by atoms with van der Waals surface area (Å²) in [5.41, 5.74) is -11.1. The number of anilines is 1. The molecule has 174 valence electrons. The second-order valence-corrected chi connectivity index (χ2v) is 9.85. The number of alkyl halides is 6. The lowest BCUT2D eigenvalue weighted by Gasteiger charge is -2.10. The molecule has 0 aliphatic heterocycles. The molecule has 16 heteroatoms. The Morgan fingerprint density at radius 1 is 1.06 bits per heavy atom. The van der Waals surface area contributed by atoms with Gasteiger partial charge in [-0.05, 0) is 42.1 Å². The van der Waals surface area contributed by atoms with Gasteiger partial charge in [0.05, 0.1) is 20.5 Å². The van der Waals surface area contributed by atoms with Gasteiger partial charge in [0.1, 0.15) is 0 Å². The molecule has 0 saturated heterocycles. The molecule has 7 nitrogen and oxygen atoms in total. The van der Waals surface area contributed by atoms with Crippen LogP contribution in [0.4, 0.5) is 37.7 Å². The van der Waals surface area contributed by atoms with Crippen LogP contribution in [0.2, 0.25) is 0 Å². The lowest BCUT2D eigenvalue weighted by Crippen LogP contribution is -2.23. The highest BCUT2D eigenvalue weighted by molar-refractivity contribution is 8.00. The minimum atomic E-state index is -5.81. The van der Waals surface area contributed by atoms with Crippen LogP contribution < -0.4 is 5.32 Å². The Balaban J connectivity index is 2.14. The molecule has 0 fully saturated rings. The van der Waals surface area contributed by atoms with E-state index in [1.807, 2.05) is 0 Å². The Kier molecular flexibility index (Phi) is 7.72. The molecule has 1 amide bonds. The van der Waals surface area contributed by atoms with Gasteiger partial charge in [0.15, 0.2) is 0 Å². The summed E-state index contributed by atoms with van der Waals surface area (Å²) in [5, 5.41) is 13.4. The number of hydrogen-bond acceptors (Lipinski definition) is 7. The first-order valence-electron chi connectivity index (χ1n) is 7.98. The lowest BCUT2D eigenvalue weighted by molar-refractivity contribution is -0.388. The number of amides is 1. The summed E-state index contributed by atoms with van der Waals surface area (Å²) in [6, 6.07) is 6.32. The normalized spacial score (nSPS) is 12.4. The van der Waals surface area contributed by atoms with E-state index in [2.05, 4.69) is 5.32 Å². The number of nitro benzene ring substituents is 1. The van der Waals surface area contributed by atoms with Gasteiger partial charge in [-0.25, -0.2) is 8.42 Å². The maximum Gasteiger partial charge on any atom is 0.501 e. The molecule has 0 aliphatic rings. The van der Waals surface area contributed by atoms with Gasteiger partial charge in [-0.15, -0.1) is 11.8 Å². The highest BCUT2D eigenvalue weighted by Crippen LogP contribution is 2.38. The Labute approximate surface area is 184 Å². The van der Waals surface area contributed by atoms with Crippen molar-refractivity contribution in [2.24, 2.45) is 0 Å². The van der Waals surface area contributed by atoms with Crippen molar-refractivity contribution >= 4 is 50.6 Å². The smallest absolute Gasteiger partial charge is 0.325 e. The van der Waals surface area contributed by atoms with Crippen molar-refractivity contribution in [3.8, 4) is 0 Å². The molecule has 32 heavy (non-hydrogen) atoms. The monoisotopic (exact) mass is 520 g/mol. The summed E-state index contributed by atoms with van der Waals surface area (Å²) in [7, 11) is -5.81. The van der Waals surface area contributed by atoms with Gasteiger partial charge in [0, 0.05) is 16.6 Å². The number of carbonyl (C=O) groups excluding carboxylic acids is 1. The van der Waals surface area contributed by atoms with E-state index in [9.17, 15) is 49.7 Å². The van der Waals surface area contributed by atoms with E-state index in [0.717, 1.165) is 12.1 Å². The first kappa shape index (κ1) is 25.8. The van der Waals surface area contributed by atoms with Crippen LogP contribution in [0.1, 0.15) is 0 Å². The minimum absolute atomic E-state index is 0.0194. The highest BCUT2D eigenvalue weighted by atomic mass is 32.2. The third-order valence-corrected chi connectivity index (χ3v) is 6.72. The molecule has 1 N–H and O–H groups in total. The van der Waals surface area contributed by atoms with Crippen molar-refractivity contribution in [2.75, 3.05) is 11.1 Å². The largest absolute Gasteiger partial charge is 0.501 e. The fourth-order valence-electron chi connectivity index (χ4n) is 2.17. The fourth-order valence-corrected chi connectivity index (χ4v) is 4.36. The number of nitrogens with zero attached hydrogens (tertiary/aromatic N) is 1. The number of carbonyl (C=O) groups is 1. The van der Waals surface area contributed by atoms with Crippen LogP contribution in [0.25, 0.3) is 0 Å². The summed E-state index contributed by atoms with van der Waals surface area (Å²) >= 11 is 0.130. The number of rotatable bonds is 7. The van der Waals surface area contributed by atoms with Crippen molar-refractivity contribution in [1.82, 2.24) is 0 Å². The Morgan fingerprint density at radius 2 is 1.72 bits per heavy atom. The third-order valence-electron chi connectivity index (χ3n) is 3.45. The van der Waals surface area contributed by atoms with Crippen molar-refractivity contribution in [3.63, 3.8) is 0 Å². The van der Waals surface area contributed by atoms with Crippen molar-refractivity contribution in [1.29, 1.82) is 0 Å². The van der Waals surface area contributed by atoms with E-state index in [1.54, 1.807) is 0 Å². The van der Waals surface area contributed by atoms with Gasteiger partial charge >= 0.3 is 11.0 Å². The molecule has 0 radical (unpaired) electrons. The molecule has 2 aromatic rings. The van der Waals surface area contributed by atoms with E-state index in [0.29, 0.717) is 17.8 Å². The third kappa shape index (κ3) is 6.77. The average molecular weight is 520 g/mol. The number of halogens is 6. The molecule has 0 spiro atoms. The first-order chi connectivity index (χ1) is 14.6. The van der Waals surface area contributed by atoms with Crippen LogP contribution in [0, 0.1) is 10.1 Å². The average Bonchev–Trinajstić information content (AvgIpc) is 2.64. The number of nitrogens with one attached hydrogen (secondary N) is 1. The number of benzene rings is 2. The van der Waals surface area contributed by atoms with Gasteiger partial charge in [-0.2, -0.15) is 26.3 Å². The Bertz CT molecular complexity index is 1140. The van der Waals surface area contributed by atoms with Crippen LogP contribution in [0.15, 0.2) is 57.2 Å². The van der Waals surface area contributed by atoms with Crippen molar-refractivity contribution in [2.45, 2.75) is 25.7 Å². The topological polar surface area (TPSA) is 106 Å². The molecule has 0 aliphatic carbocycles. The number of hydrogen-bond donors (Lipinski definition) is 1. The van der Waals surface area contributed by atoms with Gasteiger partial charge in [-0.1, -0.05) is 6.07 Å². The van der Waals surface area contributed by atoms with Crippen LogP contribution >= 0.6 is 23.5 Å². The van der Waals surface area contributed by atoms with Crippen molar-refractivity contribution in [3.05, 3.63) is 52.6 Å². The minimum Gasteiger partial charge on any atom is -0.325 e. The SMILES string of the molecule is O=C(CSc1ccc(S(=O)(=O)C(F)(F)F)cc1[N+](=O)[O-])Nc1cccc(SC(F)(F)F)c1. The molecule has 0 heterocycles. The molecule has 0 saturated carbocycles. The quantitative estimate of drug-likeness (QED) is 0.231. The van der Waals surface area contributed by atoms with Gasteiger partial charge in [0.25, 0.3) is 15.5 Å². The zero-order chi connectivity index (χ0) is 24.3. The summed E-state index contributed by atoms with van der Waals surface area (Å²) in [6.45, 7) is 0. The predicted octanol–water partition coefficient (Wildman–Crippen LogP) is 5.23. The van der Waals surface area contributed by atoms with E-state index < -0.39 is 59.8 Å². The van der Waals surface area contributed by atoms with E-state index >= 15 is 0 Å². The molecule has 0 aromatic heterocycles. The molecule has 0 atom stereocenters. The molecule has 0 bridgehead atoms. The van der Waals surface area contributed by atoms with Crippen molar-refractivity contribution < 1.29 is 44.5 Å². The zero-order valence-electron chi connectivity index (χ0n) is 15.2. The standard InChI is InChI=1S/C16H10F6N2O5S3/c17-15(18,19)31-10-3-1-2-9(6-10)23-14(25)8-30-13-5-4-11(7-12(13)24(26)27)32(28,29)16(20,21)22/h1-7H,8H2,(H,23,25). The molecular formula is C16H10F6N2O5S3.